The molecule has 0 spiro atoms. The summed E-state index contributed by atoms with van der Waals surface area (Å²) in [7, 11) is 0. The fourth-order valence-electron chi connectivity index (χ4n) is 1.16. The molecule has 2 nitrogen and oxygen atoms in total. The Labute approximate surface area is 91.7 Å². The van der Waals surface area contributed by atoms with Crippen LogP contribution in [0.3, 0.4) is 0 Å². The molecule has 0 aliphatic rings. The first kappa shape index (κ1) is 12.4. The lowest BCUT2D eigenvalue weighted by atomic mass is 10.1. The van der Waals surface area contributed by atoms with E-state index in [9.17, 15) is 13.2 Å². The molecule has 0 heterocycles. The van der Waals surface area contributed by atoms with Crippen molar-refractivity contribution in [2.75, 3.05) is 5.32 Å². The lowest BCUT2D eigenvalue weighted by molar-refractivity contribution is -0.137. The van der Waals surface area contributed by atoms with E-state index in [4.69, 9.17) is 5.26 Å². The van der Waals surface area contributed by atoms with Gasteiger partial charge in [0.05, 0.1) is 11.6 Å². The maximum absolute atomic E-state index is 12.4. The summed E-state index contributed by atoms with van der Waals surface area (Å²) in [6.45, 7) is 3.18. The molecule has 86 valence electrons. The molecule has 0 unspecified atom stereocenters. The molecule has 16 heavy (non-hydrogen) atoms. The predicted octanol–water partition coefficient (Wildman–Crippen LogP) is 3.42. The van der Waals surface area contributed by atoms with Crippen molar-refractivity contribution in [1.82, 2.24) is 0 Å². The third-order valence-corrected chi connectivity index (χ3v) is 1.93. The van der Waals surface area contributed by atoms with Gasteiger partial charge in [-0.05, 0) is 32.0 Å². The van der Waals surface area contributed by atoms with Crippen LogP contribution in [-0.4, -0.2) is 5.54 Å². The summed E-state index contributed by atoms with van der Waals surface area (Å²) in [4.78, 5) is 0. The second-order valence-corrected chi connectivity index (χ2v) is 3.94. The van der Waals surface area contributed by atoms with Gasteiger partial charge < -0.3 is 5.32 Å². The van der Waals surface area contributed by atoms with Crippen molar-refractivity contribution in [2.24, 2.45) is 0 Å². The highest BCUT2D eigenvalue weighted by molar-refractivity contribution is 5.49. The standard InChI is InChI=1S/C11H11F3N2/c1-10(2,7-15)16-9-5-3-4-8(6-9)11(12,13)14/h3-6,16H,1-2H3. The average molecular weight is 228 g/mol. The van der Waals surface area contributed by atoms with E-state index in [1.54, 1.807) is 13.8 Å². The molecular formula is C11H11F3N2. The van der Waals surface area contributed by atoms with Gasteiger partial charge in [0.2, 0.25) is 0 Å². The van der Waals surface area contributed by atoms with E-state index in [0.29, 0.717) is 0 Å². The number of benzene rings is 1. The first-order chi connectivity index (χ1) is 7.24. The van der Waals surface area contributed by atoms with Gasteiger partial charge in [-0.3, -0.25) is 0 Å². The van der Waals surface area contributed by atoms with Crippen molar-refractivity contribution in [3.05, 3.63) is 29.8 Å². The fourth-order valence-corrected chi connectivity index (χ4v) is 1.16. The molecule has 1 aromatic carbocycles. The molecule has 0 aliphatic heterocycles. The van der Waals surface area contributed by atoms with Crippen LogP contribution in [0.15, 0.2) is 24.3 Å². The minimum Gasteiger partial charge on any atom is -0.368 e. The van der Waals surface area contributed by atoms with Gasteiger partial charge in [-0.1, -0.05) is 6.07 Å². The number of halogens is 3. The molecule has 1 N–H and O–H groups in total. The van der Waals surface area contributed by atoms with Gasteiger partial charge in [0.1, 0.15) is 5.54 Å². The Morgan fingerprint density at radius 1 is 1.25 bits per heavy atom. The number of nitrogens with zero attached hydrogens (tertiary/aromatic N) is 1. The Morgan fingerprint density at radius 2 is 1.88 bits per heavy atom. The molecule has 0 aliphatic carbocycles. The average Bonchev–Trinajstić information content (AvgIpc) is 2.16. The van der Waals surface area contributed by atoms with Crippen LogP contribution in [-0.2, 0) is 6.18 Å². The summed E-state index contributed by atoms with van der Waals surface area (Å²) in [5.41, 5.74) is -1.35. The molecule has 5 heteroatoms. The summed E-state index contributed by atoms with van der Waals surface area (Å²) in [6, 6.07) is 6.73. The Morgan fingerprint density at radius 3 is 2.38 bits per heavy atom. The molecule has 1 aromatic rings. The zero-order valence-electron chi connectivity index (χ0n) is 8.89. The second kappa shape index (κ2) is 4.05. The topological polar surface area (TPSA) is 35.8 Å². The quantitative estimate of drug-likeness (QED) is 0.841. The summed E-state index contributed by atoms with van der Waals surface area (Å²) in [5.74, 6) is 0. The maximum Gasteiger partial charge on any atom is 0.416 e. The van der Waals surface area contributed by atoms with E-state index < -0.39 is 17.3 Å². The molecule has 0 saturated heterocycles. The molecule has 0 amide bonds. The summed E-state index contributed by atoms with van der Waals surface area (Å²) in [6.07, 6.45) is -4.37. The van der Waals surface area contributed by atoms with Gasteiger partial charge in [-0.2, -0.15) is 18.4 Å². The summed E-state index contributed by atoms with van der Waals surface area (Å²) in [5, 5.41) is 11.5. The van der Waals surface area contributed by atoms with Crippen LogP contribution < -0.4 is 5.32 Å². The monoisotopic (exact) mass is 228 g/mol. The molecule has 0 radical (unpaired) electrons. The van der Waals surface area contributed by atoms with Gasteiger partial charge in [-0.15, -0.1) is 0 Å². The molecule has 0 saturated carbocycles. The van der Waals surface area contributed by atoms with Crippen LogP contribution in [0.2, 0.25) is 0 Å². The molecule has 0 bridgehead atoms. The molecule has 0 aromatic heterocycles. The molecule has 1 rings (SSSR count). The third kappa shape index (κ3) is 3.16. The normalized spacial score (nSPS) is 12.0. The lowest BCUT2D eigenvalue weighted by Crippen LogP contribution is -2.28. The smallest absolute Gasteiger partial charge is 0.368 e. The van der Waals surface area contributed by atoms with Gasteiger partial charge in [0, 0.05) is 5.69 Å². The van der Waals surface area contributed by atoms with E-state index in [1.807, 2.05) is 6.07 Å². The Hall–Kier alpha value is -1.70. The largest absolute Gasteiger partial charge is 0.416 e. The molecule has 0 atom stereocenters. The van der Waals surface area contributed by atoms with Crippen LogP contribution in [0.5, 0.6) is 0 Å². The van der Waals surface area contributed by atoms with Crippen LogP contribution in [0, 0.1) is 11.3 Å². The highest BCUT2D eigenvalue weighted by atomic mass is 19.4. The second-order valence-electron chi connectivity index (χ2n) is 3.94. The van der Waals surface area contributed by atoms with E-state index in [2.05, 4.69) is 5.32 Å². The third-order valence-electron chi connectivity index (χ3n) is 1.93. The summed E-state index contributed by atoms with van der Waals surface area (Å²) >= 11 is 0. The van der Waals surface area contributed by atoms with E-state index >= 15 is 0 Å². The first-order valence-corrected chi connectivity index (χ1v) is 4.61. The minimum absolute atomic E-state index is 0.279. The number of rotatable bonds is 2. The molecule has 0 fully saturated rings. The minimum atomic E-state index is -4.37. The Bertz CT molecular complexity index is 416. The number of hydrogen-bond donors (Lipinski definition) is 1. The van der Waals surface area contributed by atoms with Crippen molar-refractivity contribution in [1.29, 1.82) is 5.26 Å². The van der Waals surface area contributed by atoms with Gasteiger partial charge in [0.15, 0.2) is 0 Å². The highest BCUT2D eigenvalue weighted by Crippen LogP contribution is 2.31. The zero-order valence-corrected chi connectivity index (χ0v) is 8.89. The Kier molecular flexibility index (Phi) is 3.13. The molecular weight excluding hydrogens is 217 g/mol. The van der Waals surface area contributed by atoms with Crippen molar-refractivity contribution in [3.8, 4) is 6.07 Å². The maximum atomic E-state index is 12.4. The van der Waals surface area contributed by atoms with Gasteiger partial charge in [-0.25, -0.2) is 0 Å². The van der Waals surface area contributed by atoms with Crippen LogP contribution in [0.1, 0.15) is 19.4 Å². The number of nitriles is 1. The zero-order chi connectivity index (χ0) is 12.4. The number of anilines is 1. The number of nitrogens with one attached hydrogen (secondary N) is 1. The Balaban J connectivity index is 2.97. The highest BCUT2D eigenvalue weighted by Gasteiger charge is 2.30. The van der Waals surface area contributed by atoms with Crippen LogP contribution >= 0.6 is 0 Å². The van der Waals surface area contributed by atoms with E-state index in [0.717, 1.165) is 12.1 Å². The van der Waals surface area contributed by atoms with E-state index in [1.165, 1.54) is 12.1 Å². The number of hydrogen-bond acceptors (Lipinski definition) is 2. The number of alkyl halides is 3. The van der Waals surface area contributed by atoms with Crippen LogP contribution in [0.25, 0.3) is 0 Å². The van der Waals surface area contributed by atoms with E-state index in [-0.39, 0.29) is 5.69 Å². The fraction of sp³-hybridized carbons (Fsp3) is 0.364. The summed E-state index contributed by atoms with van der Waals surface area (Å²) < 4.78 is 37.2. The lowest BCUT2D eigenvalue weighted by Gasteiger charge is -2.19. The van der Waals surface area contributed by atoms with Crippen molar-refractivity contribution in [3.63, 3.8) is 0 Å². The van der Waals surface area contributed by atoms with Crippen molar-refractivity contribution >= 4 is 5.69 Å². The van der Waals surface area contributed by atoms with Gasteiger partial charge in [0.25, 0.3) is 0 Å². The van der Waals surface area contributed by atoms with Gasteiger partial charge >= 0.3 is 6.18 Å². The van der Waals surface area contributed by atoms with Crippen LogP contribution in [0.4, 0.5) is 18.9 Å². The van der Waals surface area contributed by atoms with Crippen molar-refractivity contribution < 1.29 is 13.2 Å². The predicted molar refractivity (Wildman–Crippen MR) is 54.8 cm³/mol. The SMILES string of the molecule is CC(C)(C#N)Nc1cccc(C(F)(F)F)c1. The first-order valence-electron chi connectivity index (χ1n) is 4.61. The van der Waals surface area contributed by atoms with Crippen molar-refractivity contribution in [2.45, 2.75) is 25.6 Å².